The topological polar surface area (TPSA) is 86.8 Å². The number of aryl methyl sites for hydroxylation is 2. The number of anilines is 1. The number of para-hydroxylation sites is 1. The summed E-state index contributed by atoms with van der Waals surface area (Å²) in [6, 6.07) is 14.1. The first kappa shape index (κ1) is 26.4. The zero-order valence-corrected chi connectivity index (χ0v) is 21.0. The van der Waals surface area contributed by atoms with Crippen LogP contribution in [0.4, 0.5) is 5.69 Å². The van der Waals surface area contributed by atoms with Crippen molar-refractivity contribution in [3.05, 3.63) is 65.2 Å². The van der Waals surface area contributed by atoms with Gasteiger partial charge in [-0.2, -0.15) is 0 Å². The summed E-state index contributed by atoms with van der Waals surface area (Å²) >= 11 is 0. The van der Waals surface area contributed by atoms with Crippen molar-refractivity contribution in [2.45, 2.75) is 53.1 Å². The van der Waals surface area contributed by atoms with Crippen molar-refractivity contribution in [2.24, 2.45) is 0 Å². The van der Waals surface area contributed by atoms with Crippen LogP contribution in [0.25, 0.3) is 0 Å². The summed E-state index contributed by atoms with van der Waals surface area (Å²) in [5.74, 6) is -0.705. The van der Waals surface area contributed by atoms with E-state index in [-0.39, 0.29) is 19.0 Å². The molecule has 7 nitrogen and oxygen atoms in total. The number of rotatable bonds is 11. The summed E-state index contributed by atoms with van der Waals surface area (Å²) in [5, 5.41) is 2.83. The smallest absolute Gasteiger partial charge is 0.244 e. The molecule has 2 aromatic rings. The van der Waals surface area contributed by atoms with Crippen LogP contribution in [0.3, 0.4) is 0 Å². The van der Waals surface area contributed by atoms with Gasteiger partial charge in [-0.3, -0.25) is 13.9 Å². The Hall–Kier alpha value is -2.87. The maximum absolute atomic E-state index is 13.5. The molecule has 0 saturated heterocycles. The molecule has 0 unspecified atom stereocenters. The van der Waals surface area contributed by atoms with E-state index in [1.54, 1.807) is 19.1 Å². The van der Waals surface area contributed by atoms with Crippen molar-refractivity contribution in [1.29, 1.82) is 0 Å². The summed E-state index contributed by atoms with van der Waals surface area (Å²) in [6.07, 6.45) is 2.49. The van der Waals surface area contributed by atoms with Gasteiger partial charge < -0.3 is 10.2 Å². The van der Waals surface area contributed by atoms with E-state index in [9.17, 15) is 18.0 Å². The van der Waals surface area contributed by atoms with Crippen LogP contribution in [0.1, 0.15) is 43.9 Å². The molecule has 0 radical (unpaired) electrons. The molecular formula is C25H35N3O4S. The molecule has 0 aromatic heterocycles. The maximum Gasteiger partial charge on any atom is 0.244 e. The minimum absolute atomic E-state index is 0.201. The molecule has 180 valence electrons. The second-order valence-corrected chi connectivity index (χ2v) is 10.1. The number of amides is 2. The third-order valence-corrected chi connectivity index (χ3v) is 6.64. The van der Waals surface area contributed by atoms with Gasteiger partial charge in [0.2, 0.25) is 21.8 Å². The van der Waals surface area contributed by atoms with Gasteiger partial charge in [-0.1, -0.05) is 61.9 Å². The van der Waals surface area contributed by atoms with E-state index in [2.05, 4.69) is 5.32 Å². The fraction of sp³-hybridized carbons (Fsp3) is 0.440. The Morgan fingerprint density at radius 2 is 1.67 bits per heavy atom. The minimum Gasteiger partial charge on any atom is -0.354 e. The van der Waals surface area contributed by atoms with Gasteiger partial charge in [-0.25, -0.2) is 8.42 Å². The van der Waals surface area contributed by atoms with E-state index < -0.39 is 22.0 Å². The van der Waals surface area contributed by atoms with Crippen LogP contribution in [-0.2, 0) is 32.6 Å². The third-order valence-electron chi connectivity index (χ3n) is 5.51. The molecule has 0 aliphatic carbocycles. The van der Waals surface area contributed by atoms with Crippen molar-refractivity contribution in [2.75, 3.05) is 23.7 Å². The van der Waals surface area contributed by atoms with Crippen LogP contribution in [0.2, 0.25) is 0 Å². The minimum atomic E-state index is -3.73. The Kier molecular flexibility index (Phi) is 9.46. The molecule has 0 fully saturated rings. The average Bonchev–Trinajstić information content (AvgIpc) is 2.79. The summed E-state index contributed by atoms with van der Waals surface area (Å²) in [6.45, 7) is 7.86. The van der Waals surface area contributed by atoms with Crippen molar-refractivity contribution >= 4 is 27.5 Å². The highest BCUT2D eigenvalue weighted by Crippen LogP contribution is 2.24. The number of carbonyl (C=O) groups excluding carboxylic acids is 2. The normalized spacial score (nSPS) is 12.2. The van der Waals surface area contributed by atoms with Gasteiger partial charge in [0.15, 0.2) is 0 Å². The van der Waals surface area contributed by atoms with Gasteiger partial charge in [0, 0.05) is 13.1 Å². The van der Waals surface area contributed by atoms with Gasteiger partial charge in [0.05, 0.1) is 11.9 Å². The van der Waals surface area contributed by atoms with Crippen LogP contribution in [0.5, 0.6) is 0 Å². The average molecular weight is 474 g/mol. The number of hydrogen-bond acceptors (Lipinski definition) is 4. The lowest BCUT2D eigenvalue weighted by Gasteiger charge is -2.32. The summed E-state index contributed by atoms with van der Waals surface area (Å²) < 4.78 is 26.5. The molecule has 33 heavy (non-hydrogen) atoms. The van der Waals surface area contributed by atoms with E-state index in [1.807, 2.05) is 57.2 Å². The molecule has 2 amide bonds. The molecule has 2 aromatic carbocycles. The van der Waals surface area contributed by atoms with E-state index in [4.69, 9.17) is 0 Å². The van der Waals surface area contributed by atoms with Crippen molar-refractivity contribution in [3.63, 3.8) is 0 Å². The van der Waals surface area contributed by atoms with Crippen LogP contribution >= 0.6 is 0 Å². The molecule has 0 aliphatic heterocycles. The van der Waals surface area contributed by atoms with Crippen molar-refractivity contribution in [3.8, 4) is 0 Å². The van der Waals surface area contributed by atoms with E-state index >= 15 is 0 Å². The highest BCUT2D eigenvalue weighted by atomic mass is 32.2. The first-order chi connectivity index (χ1) is 15.6. The number of nitrogens with zero attached hydrogens (tertiary/aromatic N) is 2. The molecule has 1 N–H and O–H groups in total. The van der Waals surface area contributed by atoms with Crippen LogP contribution in [0.15, 0.2) is 48.5 Å². The van der Waals surface area contributed by atoms with Gasteiger partial charge in [0.25, 0.3) is 0 Å². The van der Waals surface area contributed by atoms with Crippen molar-refractivity contribution in [1.82, 2.24) is 10.2 Å². The first-order valence-corrected chi connectivity index (χ1v) is 13.1. The lowest BCUT2D eigenvalue weighted by molar-refractivity contribution is -0.139. The predicted molar refractivity (Wildman–Crippen MR) is 133 cm³/mol. The SMILES string of the molecule is CCCNC(=O)[C@@H](C)N(Cc1ccc(C)cc1)C(=O)CN(c1ccccc1CC)S(C)(=O)=O. The fourth-order valence-electron chi connectivity index (χ4n) is 3.52. The van der Waals surface area contributed by atoms with Gasteiger partial charge in [0.1, 0.15) is 12.6 Å². The molecule has 2 rings (SSSR count). The molecular weight excluding hydrogens is 438 g/mol. The second-order valence-electron chi connectivity index (χ2n) is 8.23. The monoisotopic (exact) mass is 473 g/mol. The lowest BCUT2D eigenvalue weighted by atomic mass is 10.1. The highest BCUT2D eigenvalue weighted by molar-refractivity contribution is 7.92. The number of benzene rings is 2. The largest absolute Gasteiger partial charge is 0.354 e. The van der Waals surface area contributed by atoms with Gasteiger partial charge in [-0.15, -0.1) is 0 Å². The fourth-order valence-corrected chi connectivity index (χ4v) is 4.40. The Bertz CT molecular complexity index is 1050. The zero-order chi connectivity index (χ0) is 24.6. The van der Waals surface area contributed by atoms with Gasteiger partial charge in [-0.05, 0) is 43.9 Å². The Morgan fingerprint density at radius 3 is 2.24 bits per heavy atom. The summed E-state index contributed by atoms with van der Waals surface area (Å²) in [5.41, 5.74) is 3.26. The Balaban J connectivity index is 2.39. The predicted octanol–water partition coefficient (Wildman–Crippen LogP) is 3.27. The number of carbonyl (C=O) groups is 2. The second kappa shape index (κ2) is 11.8. The van der Waals surface area contributed by atoms with Crippen LogP contribution < -0.4 is 9.62 Å². The maximum atomic E-state index is 13.5. The quantitative estimate of drug-likeness (QED) is 0.543. The standard InChI is InChI=1S/C25H35N3O4S/c1-6-16-26-25(30)20(4)27(17-21-14-12-19(3)13-15-21)24(29)18-28(33(5,31)32)23-11-9-8-10-22(23)7-2/h8-15,20H,6-7,16-18H2,1-5H3,(H,26,30)/t20-/m1/s1. The molecule has 1 atom stereocenters. The molecule has 0 spiro atoms. The molecule has 0 saturated carbocycles. The lowest BCUT2D eigenvalue weighted by Crippen LogP contribution is -2.51. The Labute approximate surface area is 197 Å². The Morgan fingerprint density at radius 1 is 1.03 bits per heavy atom. The highest BCUT2D eigenvalue weighted by Gasteiger charge is 2.30. The summed E-state index contributed by atoms with van der Waals surface area (Å²) in [4.78, 5) is 27.7. The summed E-state index contributed by atoms with van der Waals surface area (Å²) in [7, 11) is -3.73. The van der Waals surface area contributed by atoms with E-state index in [0.717, 1.165) is 33.7 Å². The van der Waals surface area contributed by atoms with Crippen molar-refractivity contribution < 1.29 is 18.0 Å². The third kappa shape index (κ3) is 7.32. The zero-order valence-electron chi connectivity index (χ0n) is 20.2. The first-order valence-electron chi connectivity index (χ1n) is 11.3. The van der Waals surface area contributed by atoms with E-state index in [0.29, 0.717) is 18.7 Å². The van der Waals surface area contributed by atoms with Gasteiger partial charge >= 0.3 is 0 Å². The van der Waals surface area contributed by atoms with Crippen LogP contribution in [0, 0.1) is 6.92 Å². The molecule has 0 heterocycles. The molecule has 0 aliphatic rings. The molecule has 0 bridgehead atoms. The molecule has 8 heteroatoms. The van der Waals surface area contributed by atoms with E-state index in [1.165, 1.54) is 4.90 Å². The number of hydrogen-bond donors (Lipinski definition) is 1. The number of nitrogens with one attached hydrogen (secondary N) is 1. The number of sulfonamides is 1. The van der Waals surface area contributed by atoms with Crippen LogP contribution in [-0.4, -0.2) is 50.5 Å².